The maximum atomic E-state index is 12.8. The molecule has 2 aliphatic rings. The first kappa shape index (κ1) is 18.1. The number of Topliss-reactive ketones (excluding diaryl/α,β-unsaturated/α-hetero) is 1. The Morgan fingerprint density at radius 3 is 2.70 bits per heavy atom. The number of benzene rings is 1. The number of ketones is 1. The average molecular weight is 368 g/mol. The van der Waals surface area contributed by atoms with Gasteiger partial charge in [-0.05, 0) is 50.5 Å². The minimum absolute atomic E-state index is 0.158. The van der Waals surface area contributed by atoms with E-state index in [0.29, 0.717) is 19.1 Å². The van der Waals surface area contributed by atoms with E-state index in [-0.39, 0.29) is 12.6 Å². The summed E-state index contributed by atoms with van der Waals surface area (Å²) in [6.07, 6.45) is 6.38. The summed E-state index contributed by atoms with van der Waals surface area (Å²) >= 11 is 0. The van der Waals surface area contributed by atoms with Crippen molar-refractivity contribution in [3.8, 4) is 11.5 Å². The predicted octanol–water partition coefficient (Wildman–Crippen LogP) is 4.31. The van der Waals surface area contributed by atoms with E-state index in [4.69, 9.17) is 9.47 Å². The van der Waals surface area contributed by atoms with Gasteiger partial charge in [0.05, 0.1) is 6.54 Å². The largest absolute Gasteiger partial charge is 0.454 e. The number of hydrogen-bond acceptors (Lipinski definition) is 4. The van der Waals surface area contributed by atoms with Crippen molar-refractivity contribution in [3.63, 3.8) is 0 Å². The molecule has 1 fully saturated rings. The summed E-state index contributed by atoms with van der Waals surface area (Å²) in [4.78, 5) is 12.8. The van der Waals surface area contributed by atoms with Gasteiger partial charge >= 0.3 is 0 Å². The third kappa shape index (κ3) is 3.74. The van der Waals surface area contributed by atoms with Gasteiger partial charge in [0.2, 0.25) is 6.79 Å². The van der Waals surface area contributed by atoms with Crippen LogP contribution in [0.25, 0.3) is 0 Å². The highest BCUT2D eigenvalue weighted by atomic mass is 16.7. The molecule has 2 heterocycles. The fourth-order valence-electron chi connectivity index (χ4n) is 4.43. The van der Waals surface area contributed by atoms with Crippen molar-refractivity contribution >= 4 is 5.78 Å². The second-order valence-corrected chi connectivity index (χ2v) is 7.66. The zero-order valence-corrected chi connectivity index (χ0v) is 16.2. The topological polar surface area (TPSA) is 52.5 Å². The fraction of sp³-hybridized carbons (Fsp3) is 0.500. The summed E-state index contributed by atoms with van der Waals surface area (Å²) in [6.45, 7) is 5.46. The van der Waals surface area contributed by atoms with Crippen LogP contribution < -0.4 is 14.8 Å². The highest BCUT2D eigenvalue weighted by molar-refractivity contribution is 5.99. The van der Waals surface area contributed by atoms with Crippen LogP contribution in [0.3, 0.4) is 0 Å². The molecule has 5 nitrogen and oxygen atoms in total. The molecule has 1 aromatic carbocycles. The first-order chi connectivity index (χ1) is 13.1. The van der Waals surface area contributed by atoms with E-state index in [1.54, 1.807) is 0 Å². The van der Waals surface area contributed by atoms with Gasteiger partial charge in [-0.2, -0.15) is 0 Å². The van der Waals surface area contributed by atoms with Crippen molar-refractivity contribution in [1.29, 1.82) is 0 Å². The van der Waals surface area contributed by atoms with Gasteiger partial charge in [-0.15, -0.1) is 0 Å². The lowest BCUT2D eigenvalue weighted by Gasteiger charge is -2.26. The first-order valence-corrected chi connectivity index (χ1v) is 9.94. The van der Waals surface area contributed by atoms with E-state index in [0.717, 1.165) is 28.3 Å². The van der Waals surface area contributed by atoms with E-state index in [2.05, 4.69) is 29.8 Å². The molecular weight excluding hydrogens is 340 g/mol. The lowest BCUT2D eigenvalue weighted by atomic mass is 9.95. The fourth-order valence-corrected chi connectivity index (χ4v) is 4.43. The third-order valence-corrected chi connectivity index (χ3v) is 5.78. The van der Waals surface area contributed by atoms with Crippen molar-refractivity contribution in [1.82, 2.24) is 9.88 Å². The predicted molar refractivity (Wildman–Crippen MR) is 105 cm³/mol. The van der Waals surface area contributed by atoms with Gasteiger partial charge in [0.1, 0.15) is 0 Å². The Hall–Kier alpha value is -2.27. The number of carbonyl (C=O) groups excluding carboxylic acids is 1. The van der Waals surface area contributed by atoms with Crippen molar-refractivity contribution in [2.24, 2.45) is 0 Å². The first-order valence-electron chi connectivity index (χ1n) is 9.94. The molecule has 1 aromatic heterocycles. The molecule has 1 aliphatic heterocycles. The van der Waals surface area contributed by atoms with Crippen LogP contribution in [0.15, 0.2) is 24.3 Å². The molecule has 0 bridgehead atoms. The van der Waals surface area contributed by atoms with Crippen molar-refractivity contribution in [3.05, 3.63) is 46.8 Å². The standard InChI is InChI=1S/C22H28N2O3/c1-15-10-19(16(2)24(15)18-6-4-3-5-7-18)20(25)13-23-12-17-8-9-21-22(11-17)27-14-26-21/h8-11,18,23H,3-7,12-14H2,1-2H3. The summed E-state index contributed by atoms with van der Waals surface area (Å²) in [5, 5.41) is 3.27. The van der Waals surface area contributed by atoms with Gasteiger partial charge < -0.3 is 19.4 Å². The van der Waals surface area contributed by atoms with E-state index in [9.17, 15) is 4.79 Å². The van der Waals surface area contributed by atoms with Crippen LogP contribution in [0.5, 0.6) is 11.5 Å². The van der Waals surface area contributed by atoms with Gasteiger partial charge in [-0.25, -0.2) is 0 Å². The SMILES string of the molecule is Cc1cc(C(=O)CNCc2ccc3c(c2)OCO3)c(C)n1C1CCCCC1. The van der Waals surface area contributed by atoms with Crippen LogP contribution in [0.2, 0.25) is 0 Å². The number of aromatic nitrogens is 1. The van der Waals surface area contributed by atoms with Gasteiger partial charge in [0, 0.05) is 29.5 Å². The van der Waals surface area contributed by atoms with Crippen LogP contribution in [-0.4, -0.2) is 23.7 Å². The average Bonchev–Trinajstić information content (AvgIpc) is 3.26. The quantitative estimate of drug-likeness (QED) is 0.772. The van der Waals surface area contributed by atoms with Gasteiger partial charge in [0.15, 0.2) is 17.3 Å². The Balaban J connectivity index is 1.38. The second kappa shape index (κ2) is 7.77. The van der Waals surface area contributed by atoms with Crippen LogP contribution in [0, 0.1) is 13.8 Å². The maximum Gasteiger partial charge on any atom is 0.231 e. The molecule has 144 valence electrons. The van der Waals surface area contributed by atoms with E-state index < -0.39 is 0 Å². The summed E-state index contributed by atoms with van der Waals surface area (Å²) in [5.74, 6) is 1.72. The molecule has 0 unspecified atom stereocenters. The molecule has 0 atom stereocenters. The Morgan fingerprint density at radius 2 is 1.89 bits per heavy atom. The highest BCUT2D eigenvalue weighted by Crippen LogP contribution is 2.33. The number of aryl methyl sites for hydroxylation is 1. The molecule has 0 saturated heterocycles. The molecule has 0 spiro atoms. The number of rotatable bonds is 6. The Bertz CT molecular complexity index is 834. The van der Waals surface area contributed by atoms with Crippen molar-refractivity contribution in [2.75, 3.05) is 13.3 Å². The molecule has 5 heteroatoms. The molecule has 2 aromatic rings. The molecule has 1 saturated carbocycles. The van der Waals surface area contributed by atoms with Crippen molar-refractivity contribution in [2.45, 2.75) is 58.5 Å². The lowest BCUT2D eigenvalue weighted by molar-refractivity contribution is 0.0990. The molecule has 27 heavy (non-hydrogen) atoms. The normalized spacial score (nSPS) is 16.7. The van der Waals surface area contributed by atoms with E-state index in [1.165, 1.54) is 37.8 Å². The molecule has 0 amide bonds. The number of ether oxygens (including phenoxy) is 2. The highest BCUT2D eigenvalue weighted by Gasteiger charge is 2.22. The third-order valence-electron chi connectivity index (χ3n) is 5.78. The van der Waals surface area contributed by atoms with Crippen LogP contribution in [0.4, 0.5) is 0 Å². The molecule has 4 rings (SSSR count). The zero-order valence-electron chi connectivity index (χ0n) is 16.2. The number of nitrogens with zero attached hydrogens (tertiary/aromatic N) is 1. The summed E-state index contributed by atoms with van der Waals surface area (Å²) in [6, 6.07) is 8.50. The van der Waals surface area contributed by atoms with Gasteiger partial charge in [0.25, 0.3) is 0 Å². The monoisotopic (exact) mass is 368 g/mol. The molecule has 0 radical (unpaired) electrons. The van der Waals surface area contributed by atoms with E-state index >= 15 is 0 Å². The van der Waals surface area contributed by atoms with Crippen LogP contribution in [-0.2, 0) is 6.54 Å². The summed E-state index contributed by atoms with van der Waals surface area (Å²) in [7, 11) is 0. The maximum absolute atomic E-state index is 12.8. The molecule has 1 aliphatic carbocycles. The smallest absolute Gasteiger partial charge is 0.231 e. The number of hydrogen-bond donors (Lipinski definition) is 1. The van der Waals surface area contributed by atoms with Gasteiger partial charge in [-0.1, -0.05) is 25.3 Å². The minimum Gasteiger partial charge on any atom is -0.454 e. The second-order valence-electron chi connectivity index (χ2n) is 7.66. The summed E-state index contributed by atoms with van der Waals surface area (Å²) < 4.78 is 13.1. The van der Waals surface area contributed by atoms with Gasteiger partial charge in [-0.3, -0.25) is 4.79 Å². The van der Waals surface area contributed by atoms with Crippen LogP contribution in [0.1, 0.15) is 65.5 Å². The molecule has 1 N–H and O–H groups in total. The van der Waals surface area contributed by atoms with E-state index in [1.807, 2.05) is 18.2 Å². The Kier molecular flexibility index (Phi) is 5.21. The number of fused-ring (bicyclic) bond motifs is 1. The number of nitrogens with one attached hydrogen (secondary N) is 1. The van der Waals surface area contributed by atoms with Crippen molar-refractivity contribution < 1.29 is 14.3 Å². The Morgan fingerprint density at radius 1 is 1.11 bits per heavy atom. The Labute approximate surface area is 160 Å². The van der Waals surface area contributed by atoms with Crippen LogP contribution >= 0.6 is 0 Å². The molecular formula is C22H28N2O3. The zero-order chi connectivity index (χ0) is 18.8. The summed E-state index contributed by atoms with van der Waals surface area (Å²) in [5.41, 5.74) is 4.27. The minimum atomic E-state index is 0.158. The number of carbonyl (C=O) groups is 1. The lowest BCUT2D eigenvalue weighted by Crippen LogP contribution is -2.23.